The Bertz CT molecular complexity index is 1090. The summed E-state index contributed by atoms with van der Waals surface area (Å²) in [6.45, 7) is 11.5. The Balaban J connectivity index is 2.16. The van der Waals surface area contributed by atoms with Gasteiger partial charge in [0, 0.05) is 24.2 Å². The fourth-order valence-electron chi connectivity index (χ4n) is 3.70. The van der Waals surface area contributed by atoms with E-state index >= 15 is 0 Å². The average molecular weight is 406 g/mol. The van der Waals surface area contributed by atoms with Gasteiger partial charge in [-0.05, 0) is 43.9 Å². The highest BCUT2D eigenvalue weighted by Gasteiger charge is 2.21. The molecule has 1 amide bonds. The first-order chi connectivity index (χ1) is 14.4. The van der Waals surface area contributed by atoms with Gasteiger partial charge in [0.25, 0.3) is 5.91 Å². The van der Waals surface area contributed by atoms with Crippen molar-refractivity contribution in [1.82, 2.24) is 4.90 Å². The van der Waals surface area contributed by atoms with Gasteiger partial charge in [-0.15, -0.1) is 0 Å². The fourth-order valence-corrected chi connectivity index (χ4v) is 3.70. The number of rotatable bonds is 7. The number of hydrogen-bond acceptors (Lipinski definition) is 3. The average Bonchev–Trinajstić information content (AvgIpc) is 2.76. The van der Waals surface area contributed by atoms with Crippen molar-refractivity contribution < 1.29 is 9.21 Å². The van der Waals surface area contributed by atoms with Gasteiger partial charge in [-0.2, -0.15) is 0 Å². The summed E-state index contributed by atoms with van der Waals surface area (Å²) in [5.74, 6) is 0.862. The largest absolute Gasteiger partial charge is 0.455 e. The van der Waals surface area contributed by atoms with E-state index in [1.54, 1.807) is 25.1 Å². The van der Waals surface area contributed by atoms with Crippen molar-refractivity contribution in [2.45, 2.75) is 53.4 Å². The Labute approximate surface area is 178 Å². The second-order valence-corrected chi connectivity index (χ2v) is 8.08. The molecule has 0 aliphatic rings. The number of carbonyl (C=O) groups is 1. The van der Waals surface area contributed by atoms with Gasteiger partial charge in [-0.1, -0.05) is 57.5 Å². The molecule has 0 saturated carbocycles. The third-order valence-electron chi connectivity index (χ3n) is 5.67. The molecular weight excluding hydrogens is 374 g/mol. The zero-order valence-electron chi connectivity index (χ0n) is 18.6. The van der Waals surface area contributed by atoms with Gasteiger partial charge in [-0.3, -0.25) is 9.59 Å². The van der Waals surface area contributed by atoms with Crippen LogP contribution < -0.4 is 5.43 Å². The summed E-state index contributed by atoms with van der Waals surface area (Å²) in [7, 11) is 0. The molecule has 3 rings (SSSR count). The molecule has 0 fully saturated rings. The SMILES string of the molecule is CCCCN(CC)C(=O)c1cccc2c(=O)c(C)c(-c3ccc(C(C)C)cc3)oc12. The lowest BCUT2D eigenvalue weighted by Gasteiger charge is -2.21. The number of hydrogen-bond donors (Lipinski definition) is 0. The van der Waals surface area contributed by atoms with Gasteiger partial charge in [0.05, 0.1) is 10.9 Å². The van der Waals surface area contributed by atoms with Crippen LogP contribution in [0.3, 0.4) is 0 Å². The van der Waals surface area contributed by atoms with Crippen molar-refractivity contribution in [1.29, 1.82) is 0 Å². The van der Waals surface area contributed by atoms with Crippen LogP contribution in [0.1, 0.15) is 67.9 Å². The number of para-hydroxylation sites is 1. The summed E-state index contributed by atoms with van der Waals surface area (Å²) in [4.78, 5) is 28.1. The van der Waals surface area contributed by atoms with Crippen molar-refractivity contribution in [3.8, 4) is 11.3 Å². The number of unbranched alkanes of at least 4 members (excludes halogenated alkanes) is 1. The maximum atomic E-state index is 13.2. The first kappa shape index (κ1) is 21.8. The molecule has 0 atom stereocenters. The van der Waals surface area contributed by atoms with E-state index in [0.717, 1.165) is 18.4 Å². The lowest BCUT2D eigenvalue weighted by Crippen LogP contribution is -2.32. The Hall–Kier alpha value is -2.88. The molecule has 0 saturated heterocycles. The standard InChI is InChI=1S/C26H31NO3/c1-6-8-16-27(7-2)26(29)22-11-9-10-21-23(28)18(5)24(30-25(21)22)20-14-12-19(13-15-20)17(3)4/h9-15,17H,6-8,16H2,1-5H3. The van der Waals surface area contributed by atoms with E-state index in [2.05, 4.69) is 32.9 Å². The van der Waals surface area contributed by atoms with Crippen LogP contribution in [0.25, 0.3) is 22.3 Å². The molecule has 1 heterocycles. The van der Waals surface area contributed by atoms with Crippen LogP contribution in [0.5, 0.6) is 0 Å². The van der Waals surface area contributed by atoms with E-state index in [-0.39, 0.29) is 11.3 Å². The van der Waals surface area contributed by atoms with Gasteiger partial charge < -0.3 is 9.32 Å². The molecule has 4 nitrogen and oxygen atoms in total. The Morgan fingerprint density at radius 3 is 2.37 bits per heavy atom. The first-order valence-electron chi connectivity index (χ1n) is 10.8. The minimum Gasteiger partial charge on any atom is -0.455 e. The Morgan fingerprint density at radius 2 is 1.77 bits per heavy atom. The van der Waals surface area contributed by atoms with E-state index in [4.69, 9.17) is 4.42 Å². The number of fused-ring (bicyclic) bond motifs is 1. The highest BCUT2D eigenvalue weighted by Crippen LogP contribution is 2.29. The molecule has 0 N–H and O–H groups in total. The van der Waals surface area contributed by atoms with E-state index in [1.807, 2.05) is 24.0 Å². The predicted octanol–water partition coefficient (Wildman–Crippen LogP) is 6.15. The molecule has 0 radical (unpaired) electrons. The molecule has 0 bridgehead atoms. The molecule has 0 aliphatic heterocycles. The van der Waals surface area contributed by atoms with Gasteiger partial charge in [0.15, 0.2) is 11.0 Å². The molecule has 4 heteroatoms. The van der Waals surface area contributed by atoms with E-state index < -0.39 is 0 Å². The van der Waals surface area contributed by atoms with Crippen LogP contribution in [0, 0.1) is 6.92 Å². The molecule has 0 unspecified atom stereocenters. The summed E-state index contributed by atoms with van der Waals surface area (Å²) in [5, 5.41) is 0.451. The second kappa shape index (κ2) is 9.29. The maximum absolute atomic E-state index is 13.2. The lowest BCUT2D eigenvalue weighted by molar-refractivity contribution is 0.0763. The molecule has 2 aromatic carbocycles. The Kier molecular flexibility index (Phi) is 6.76. The molecule has 3 aromatic rings. The topological polar surface area (TPSA) is 50.5 Å². The predicted molar refractivity (Wildman–Crippen MR) is 123 cm³/mol. The minimum absolute atomic E-state index is 0.0922. The van der Waals surface area contributed by atoms with Crippen molar-refractivity contribution in [3.63, 3.8) is 0 Å². The van der Waals surface area contributed by atoms with Crippen molar-refractivity contribution in [2.24, 2.45) is 0 Å². The molecular formula is C26H31NO3. The van der Waals surface area contributed by atoms with Crippen LogP contribution in [-0.2, 0) is 0 Å². The number of amides is 1. The van der Waals surface area contributed by atoms with E-state index in [9.17, 15) is 9.59 Å². The van der Waals surface area contributed by atoms with Crippen molar-refractivity contribution >= 4 is 16.9 Å². The van der Waals surface area contributed by atoms with E-state index in [1.165, 1.54) is 5.56 Å². The summed E-state index contributed by atoms with van der Waals surface area (Å²) >= 11 is 0. The monoisotopic (exact) mass is 405 g/mol. The summed E-state index contributed by atoms with van der Waals surface area (Å²) in [5.41, 5.74) is 3.35. The smallest absolute Gasteiger partial charge is 0.257 e. The second-order valence-electron chi connectivity index (χ2n) is 8.08. The number of nitrogens with zero attached hydrogens (tertiary/aromatic N) is 1. The van der Waals surface area contributed by atoms with Crippen LogP contribution in [0.4, 0.5) is 0 Å². The molecule has 30 heavy (non-hydrogen) atoms. The lowest BCUT2D eigenvalue weighted by atomic mass is 9.99. The van der Waals surface area contributed by atoms with Crippen molar-refractivity contribution in [2.75, 3.05) is 13.1 Å². The van der Waals surface area contributed by atoms with E-state index in [0.29, 0.717) is 46.9 Å². The zero-order chi connectivity index (χ0) is 21.8. The summed E-state index contributed by atoms with van der Waals surface area (Å²) < 4.78 is 6.26. The van der Waals surface area contributed by atoms with Crippen LogP contribution in [0.2, 0.25) is 0 Å². The Morgan fingerprint density at radius 1 is 1.07 bits per heavy atom. The maximum Gasteiger partial charge on any atom is 0.257 e. The van der Waals surface area contributed by atoms with Gasteiger partial charge in [0.1, 0.15) is 5.76 Å². The number of benzene rings is 2. The van der Waals surface area contributed by atoms with Crippen LogP contribution in [0.15, 0.2) is 51.7 Å². The van der Waals surface area contributed by atoms with Gasteiger partial charge in [0.2, 0.25) is 0 Å². The third-order valence-corrected chi connectivity index (χ3v) is 5.67. The van der Waals surface area contributed by atoms with Crippen molar-refractivity contribution in [3.05, 3.63) is 69.4 Å². The first-order valence-corrected chi connectivity index (χ1v) is 10.8. The fraction of sp³-hybridized carbons (Fsp3) is 0.385. The van der Waals surface area contributed by atoms with Gasteiger partial charge in [-0.25, -0.2) is 0 Å². The molecule has 0 spiro atoms. The zero-order valence-corrected chi connectivity index (χ0v) is 18.6. The normalized spacial score (nSPS) is 11.3. The van der Waals surface area contributed by atoms with Crippen LogP contribution in [-0.4, -0.2) is 23.9 Å². The number of carbonyl (C=O) groups excluding carboxylic acids is 1. The molecule has 158 valence electrons. The third kappa shape index (κ3) is 4.18. The summed E-state index contributed by atoms with van der Waals surface area (Å²) in [6, 6.07) is 13.3. The minimum atomic E-state index is -0.0929. The van der Waals surface area contributed by atoms with Crippen LogP contribution >= 0.6 is 0 Å². The quantitative estimate of drug-likeness (QED) is 0.473. The highest BCUT2D eigenvalue weighted by molar-refractivity contribution is 6.05. The molecule has 0 aliphatic carbocycles. The summed E-state index contributed by atoms with van der Waals surface area (Å²) in [6.07, 6.45) is 1.96. The van der Waals surface area contributed by atoms with Gasteiger partial charge >= 0.3 is 0 Å². The highest BCUT2D eigenvalue weighted by atomic mass is 16.3. The molecule has 1 aromatic heterocycles.